The van der Waals surface area contributed by atoms with Crippen LogP contribution in [0.3, 0.4) is 0 Å². The van der Waals surface area contributed by atoms with E-state index in [1.54, 1.807) is 19.1 Å². The molecule has 1 aromatic rings. The summed E-state index contributed by atoms with van der Waals surface area (Å²) in [6.45, 7) is 10.1. The molecule has 132 valence electrons. The van der Waals surface area contributed by atoms with Crippen molar-refractivity contribution in [3.05, 3.63) is 33.3 Å². The molecule has 0 radical (unpaired) electrons. The summed E-state index contributed by atoms with van der Waals surface area (Å²) in [5.74, 6) is -0.573. The van der Waals surface area contributed by atoms with Crippen molar-refractivity contribution < 1.29 is 18.8 Å². The van der Waals surface area contributed by atoms with Crippen LogP contribution in [0.1, 0.15) is 52.4 Å². The first kappa shape index (κ1) is 19.8. The quantitative estimate of drug-likeness (QED) is 0.511. The van der Waals surface area contributed by atoms with Crippen LogP contribution in [0.5, 0.6) is 0 Å². The van der Waals surface area contributed by atoms with Crippen LogP contribution in [0.4, 0.5) is 0 Å². The van der Waals surface area contributed by atoms with Gasteiger partial charge in [0.1, 0.15) is 0 Å². The summed E-state index contributed by atoms with van der Waals surface area (Å²) in [5, 5.41) is 0.620. The zero-order valence-electron chi connectivity index (χ0n) is 14.7. The van der Waals surface area contributed by atoms with Crippen LogP contribution in [-0.2, 0) is 18.8 Å². The Kier molecular flexibility index (Phi) is 6.06. The standard InChI is InChI=1S/C17H23BBrClO4/c1-6-22-15(21)10-13(12-8-7-11(20)9-14(12)19)18-23-16(2,3)17(4,5)24-18/h7-9,13H,6,10H2,1-5H3. The number of hydrogen-bond acceptors (Lipinski definition) is 4. The Hall–Kier alpha value is -0.555. The summed E-state index contributed by atoms with van der Waals surface area (Å²) in [4.78, 5) is 12.1. The molecule has 1 fully saturated rings. The second kappa shape index (κ2) is 7.36. The Bertz CT molecular complexity index is 605. The van der Waals surface area contributed by atoms with Crippen molar-refractivity contribution in [3.8, 4) is 0 Å². The third-order valence-electron chi connectivity index (χ3n) is 4.65. The van der Waals surface area contributed by atoms with Gasteiger partial charge in [0.25, 0.3) is 0 Å². The van der Waals surface area contributed by atoms with Gasteiger partial charge in [0.2, 0.25) is 0 Å². The average Bonchev–Trinajstić information content (AvgIpc) is 2.65. The van der Waals surface area contributed by atoms with Crippen molar-refractivity contribution in [1.29, 1.82) is 0 Å². The van der Waals surface area contributed by atoms with E-state index in [1.807, 2.05) is 33.8 Å². The molecule has 2 rings (SSSR count). The van der Waals surface area contributed by atoms with Gasteiger partial charge in [0, 0.05) is 15.3 Å². The van der Waals surface area contributed by atoms with Crippen LogP contribution in [0.15, 0.2) is 22.7 Å². The molecule has 0 spiro atoms. The largest absolute Gasteiger partial charge is 0.466 e. The number of halogens is 2. The maximum absolute atomic E-state index is 12.1. The monoisotopic (exact) mass is 416 g/mol. The van der Waals surface area contributed by atoms with E-state index < -0.39 is 18.3 Å². The predicted octanol–water partition coefficient (Wildman–Crippen LogP) is 4.77. The molecule has 1 atom stereocenters. The van der Waals surface area contributed by atoms with Crippen molar-refractivity contribution in [2.24, 2.45) is 0 Å². The first-order chi connectivity index (χ1) is 11.1. The van der Waals surface area contributed by atoms with E-state index in [0.29, 0.717) is 11.6 Å². The second-order valence-electron chi connectivity index (χ2n) is 6.91. The zero-order valence-corrected chi connectivity index (χ0v) is 17.0. The Morgan fingerprint density at radius 2 is 1.88 bits per heavy atom. The highest BCUT2D eigenvalue weighted by molar-refractivity contribution is 9.10. The summed E-state index contributed by atoms with van der Waals surface area (Å²) in [6, 6.07) is 5.49. The van der Waals surface area contributed by atoms with E-state index in [4.69, 9.17) is 25.6 Å². The fraction of sp³-hybridized carbons (Fsp3) is 0.588. The Morgan fingerprint density at radius 3 is 2.38 bits per heavy atom. The van der Waals surface area contributed by atoms with Gasteiger partial charge >= 0.3 is 13.1 Å². The molecule has 0 amide bonds. The Morgan fingerprint density at radius 1 is 1.29 bits per heavy atom. The molecule has 1 unspecified atom stereocenters. The van der Waals surface area contributed by atoms with Gasteiger partial charge in [-0.05, 0) is 52.3 Å². The third kappa shape index (κ3) is 4.16. The normalized spacial score (nSPS) is 20.0. The number of carbonyl (C=O) groups excluding carboxylic acids is 1. The van der Waals surface area contributed by atoms with E-state index >= 15 is 0 Å². The molecule has 0 N–H and O–H groups in total. The highest BCUT2D eigenvalue weighted by atomic mass is 79.9. The van der Waals surface area contributed by atoms with Gasteiger partial charge in [-0.25, -0.2) is 0 Å². The predicted molar refractivity (Wildman–Crippen MR) is 99.2 cm³/mol. The Balaban J connectivity index is 2.35. The molecule has 0 aliphatic carbocycles. The molecule has 1 aliphatic rings. The first-order valence-corrected chi connectivity index (χ1v) is 9.20. The first-order valence-electron chi connectivity index (χ1n) is 8.03. The van der Waals surface area contributed by atoms with Crippen LogP contribution in [0.25, 0.3) is 0 Å². The van der Waals surface area contributed by atoms with Crippen molar-refractivity contribution in [2.45, 2.75) is 58.1 Å². The van der Waals surface area contributed by atoms with Gasteiger partial charge in [-0.2, -0.15) is 0 Å². The SMILES string of the molecule is CCOC(=O)CC(B1OC(C)(C)C(C)(C)O1)c1ccc(Cl)cc1Br. The lowest BCUT2D eigenvalue weighted by Gasteiger charge is -2.32. The van der Waals surface area contributed by atoms with E-state index in [-0.39, 0.29) is 18.2 Å². The molecule has 1 heterocycles. The van der Waals surface area contributed by atoms with E-state index in [2.05, 4.69) is 15.9 Å². The fourth-order valence-electron chi connectivity index (χ4n) is 2.61. The number of esters is 1. The minimum absolute atomic E-state index is 0.172. The average molecular weight is 418 g/mol. The molecule has 4 nitrogen and oxygen atoms in total. The van der Waals surface area contributed by atoms with Crippen LogP contribution >= 0.6 is 27.5 Å². The fourth-order valence-corrected chi connectivity index (χ4v) is 3.58. The number of rotatable bonds is 5. The van der Waals surface area contributed by atoms with E-state index in [1.165, 1.54) is 0 Å². The summed E-state index contributed by atoms with van der Waals surface area (Å²) in [7, 11) is -0.545. The van der Waals surface area contributed by atoms with Crippen molar-refractivity contribution >= 4 is 40.6 Å². The topological polar surface area (TPSA) is 44.8 Å². The third-order valence-corrected chi connectivity index (χ3v) is 5.58. The van der Waals surface area contributed by atoms with Gasteiger partial charge in [0.05, 0.1) is 24.2 Å². The number of carbonyl (C=O) groups is 1. The molecule has 1 aliphatic heterocycles. The number of benzene rings is 1. The molecule has 24 heavy (non-hydrogen) atoms. The molecule has 0 bridgehead atoms. The van der Waals surface area contributed by atoms with Gasteiger partial charge in [-0.15, -0.1) is 0 Å². The van der Waals surface area contributed by atoms with Gasteiger partial charge < -0.3 is 14.0 Å². The van der Waals surface area contributed by atoms with Crippen molar-refractivity contribution in [3.63, 3.8) is 0 Å². The second-order valence-corrected chi connectivity index (χ2v) is 8.20. The van der Waals surface area contributed by atoms with Crippen LogP contribution < -0.4 is 0 Å². The summed E-state index contributed by atoms with van der Waals surface area (Å²) in [5.41, 5.74) is -0.0293. The highest BCUT2D eigenvalue weighted by Crippen LogP contribution is 2.43. The smallest absolute Gasteiger partial charge is 0.466 e. The summed E-state index contributed by atoms with van der Waals surface area (Å²) >= 11 is 9.58. The zero-order chi connectivity index (χ0) is 18.1. The maximum atomic E-state index is 12.1. The molecule has 7 heteroatoms. The molecule has 0 saturated carbocycles. The van der Waals surface area contributed by atoms with Crippen molar-refractivity contribution in [2.75, 3.05) is 6.61 Å². The number of ether oxygens (including phenoxy) is 1. The molecule has 1 aromatic carbocycles. The van der Waals surface area contributed by atoms with Crippen molar-refractivity contribution in [1.82, 2.24) is 0 Å². The van der Waals surface area contributed by atoms with Crippen LogP contribution in [0.2, 0.25) is 5.02 Å². The Labute approximate surface area is 157 Å². The van der Waals surface area contributed by atoms with Crippen LogP contribution in [0, 0.1) is 0 Å². The highest BCUT2D eigenvalue weighted by Gasteiger charge is 2.54. The minimum atomic E-state index is -0.545. The van der Waals surface area contributed by atoms with E-state index in [0.717, 1.165) is 10.0 Å². The molecular weight excluding hydrogens is 394 g/mol. The minimum Gasteiger partial charge on any atom is -0.466 e. The number of hydrogen-bond donors (Lipinski definition) is 0. The summed E-state index contributed by atoms with van der Waals surface area (Å²) < 4.78 is 18.3. The maximum Gasteiger partial charge on any atom is 0.466 e. The van der Waals surface area contributed by atoms with Gasteiger partial charge in [-0.3, -0.25) is 4.79 Å². The van der Waals surface area contributed by atoms with Gasteiger partial charge in [0.15, 0.2) is 0 Å². The summed E-state index contributed by atoms with van der Waals surface area (Å²) in [6.07, 6.45) is 0.172. The lowest BCUT2D eigenvalue weighted by Crippen LogP contribution is -2.41. The molecule has 0 aromatic heterocycles. The van der Waals surface area contributed by atoms with E-state index in [9.17, 15) is 4.79 Å². The molecule has 1 saturated heterocycles. The lowest BCUT2D eigenvalue weighted by atomic mass is 9.66. The molecular formula is C17H23BBrClO4. The van der Waals surface area contributed by atoms with Gasteiger partial charge in [-0.1, -0.05) is 33.6 Å². The lowest BCUT2D eigenvalue weighted by molar-refractivity contribution is -0.143. The van der Waals surface area contributed by atoms with Crippen LogP contribution in [-0.4, -0.2) is 30.9 Å².